The molecule has 8 nitrogen and oxygen atoms in total. The first-order chi connectivity index (χ1) is 15.1. The molecule has 2 amide bonds. The summed E-state index contributed by atoms with van der Waals surface area (Å²) >= 11 is 0. The standard InChI is InChI=1S/C23H27N5O3/c1-17(21(29)31-2)24-23(30)27-14-12-26(13-15-27)22-25-19-10-6-7-11-20(19)28(22)16-18-8-4-3-5-9-18/h3-11,17H,12-16H2,1-2H3,(H,24,30). The number of aromatic nitrogens is 2. The number of nitrogens with zero attached hydrogens (tertiary/aromatic N) is 4. The van der Waals surface area contributed by atoms with Crippen molar-refractivity contribution >= 4 is 29.0 Å². The predicted octanol–water partition coefficient (Wildman–Crippen LogP) is 2.48. The Hall–Kier alpha value is -3.55. The average molecular weight is 422 g/mol. The average Bonchev–Trinajstić information content (AvgIpc) is 3.17. The van der Waals surface area contributed by atoms with Gasteiger partial charge in [0.05, 0.1) is 24.7 Å². The largest absolute Gasteiger partial charge is 0.467 e. The molecule has 0 saturated carbocycles. The molecule has 8 heteroatoms. The Morgan fingerprint density at radius 3 is 2.42 bits per heavy atom. The van der Waals surface area contributed by atoms with Crippen molar-refractivity contribution in [1.82, 2.24) is 19.8 Å². The molecule has 0 bridgehead atoms. The number of benzene rings is 2. The molecule has 0 radical (unpaired) electrons. The number of carbonyl (C=O) groups excluding carboxylic acids is 2. The van der Waals surface area contributed by atoms with Crippen LogP contribution in [0.5, 0.6) is 0 Å². The molecular formula is C23H27N5O3. The number of rotatable bonds is 5. The fourth-order valence-electron chi connectivity index (χ4n) is 3.85. The van der Waals surface area contributed by atoms with Crippen molar-refractivity contribution in [2.24, 2.45) is 0 Å². The van der Waals surface area contributed by atoms with Gasteiger partial charge in [-0.15, -0.1) is 0 Å². The summed E-state index contributed by atoms with van der Waals surface area (Å²) in [4.78, 5) is 32.9. The van der Waals surface area contributed by atoms with Gasteiger partial charge in [0.25, 0.3) is 0 Å². The van der Waals surface area contributed by atoms with E-state index in [1.54, 1.807) is 11.8 Å². The molecule has 31 heavy (non-hydrogen) atoms. The summed E-state index contributed by atoms with van der Waals surface area (Å²) in [5.41, 5.74) is 3.26. The first-order valence-electron chi connectivity index (χ1n) is 10.4. The summed E-state index contributed by atoms with van der Waals surface area (Å²) in [6.07, 6.45) is 0. The number of ether oxygens (including phenoxy) is 1. The van der Waals surface area contributed by atoms with Gasteiger partial charge in [-0.05, 0) is 24.6 Å². The molecule has 3 aromatic rings. The second kappa shape index (κ2) is 9.07. The zero-order valence-electron chi connectivity index (χ0n) is 17.8. The van der Waals surface area contributed by atoms with Crippen LogP contribution in [-0.2, 0) is 16.1 Å². The third kappa shape index (κ3) is 4.47. The summed E-state index contributed by atoms with van der Waals surface area (Å²) in [7, 11) is 1.31. The van der Waals surface area contributed by atoms with Crippen molar-refractivity contribution in [3.8, 4) is 0 Å². The Kier molecular flexibility index (Phi) is 6.06. The van der Waals surface area contributed by atoms with Gasteiger partial charge in [0.2, 0.25) is 5.95 Å². The van der Waals surface area contributed by atoms with Crippen LogP contribution in [0.4, 0.5) is 10.7 Å². The van der Waals surface area contributed by atoms with E-state index in [-0.39, 0.29) is 6.03 Å². The highest BCUT2D eigenvalue weighted by molar-refractivity contribution is 5.83. The SMILES string of the molecule is COC(=O)C(C)NC(=O)N1CCN(c2nc3ccccc3n2Cc2ccccc2)CC1. The Labute approximate surface area is 181 Å². The maximum atomic E-state index is 12.5. The topological polar surface area (TPSA) is 79.7 Å². The zero-order chi connectivity index (χ0) is 21.8. The van der Waals surface area contributed by atoms with Gasteiger partial charge in [0, 0.05) is 26.2 Å². The molecule has 0 spiro atoms. The van der Waals surface area contributed by atoms with Gasteiger partial charge in [-0.25, -0.2) is 14.6 Å². The first-order valence-corrected chi connectivity index (χ1v) is 10.4. The first kappa shape index (κ1) is 20.7. The van der Waals surface area contributed by atoms with E-state index >= 15 is 0 Å². The van der Waals surface area contributed by atoms with E-state index in [1.807, 2.05) is 36.4 Å². The van der Waals surface area contributed by atoms with Gasteiger partial charge in [-0.3, -0.25) is 0 Å². The van der Waals surface area contributed by atoms with Gasteiger partial charge in [-0.2, -0.15) is 0 Å². The lowest BCUT2D eigenvalue weighted by molar-refractivity contribution is -0.142. The van der Waals surface area contributed by atoms with Crippen molar-refractivity contribution in [2.75, 3.05) is 38.2 Å². The Morgan fingerprint density at radius 2 is 1.71 bits per heavy atom. The van der Waals surface area contributed by atoms with Crippen LogP contribution in [0, 0.1) is 0 Å². The highest BCUT2D eigenvalue weighted by atomic mass is 16.5. The molecule has 0 aliphatic carbocycles. The van der Waals surface area contributed by atoms with E-state index in [0.717, 1.165) is 23.5 Å². The number of methoxy groups -OCH3 is 1. The van der Waals surface area contributed by atoms with Crippen molar-refractivity contribution in [1.29, 1.82) is 0 Å². The number of nitrogens with one attached hydrogen (secondary N) is 1. The van der Waals surface area contributed by atoms with Gasteiger partial charge in [0.15, 0.2) is 0 Å². The van der Waals surface area contributed by atoms with Gasteiger partial charge in [0.1, 0.15) is 6.04 Å². The fourth-order valence-corrected chi connectivity index (χ4v) is 3.85. The molecule has 1 unspecified atom stereocenters. The van der Waals surface area contributed by atoms with Crippen LogP contribution >= 0.6 is 0 Å². The minimum Gasteiger partial charge on any atom is -0.467 e. The van der Waals surface area contributed by atoms with E-state index < -0.39 is 12.0 Å². The van der Waals surface area contributed by atoms with Crippen LogP contribution in [-0.4, -0.2) is 65.8 Å². The zero-order valence-corrected chi connectivity index (χ0v) is 17.8. The van der Waals surface area contributed by atoms with E-state index in [0.29, 0.717) is 26.2 Å². The molecule has 1 aliphatic heterocycles. The normalized spacial score (nSPS) is 15.0. The van der Waals surface area contributed by atoms with Crippen molar-refractivity contribution in [3.05, 3.63) is 60.2 Å². The van der Waals surface area contributed by atoms with Gasteiger partial charge in [-0.1, -0.05) is 42.5 Å². The van der Waals surface area contributed by atoms with Gasteiger partial charge < -0.3 is 24.4 Å². The van der Waals surface area contributed by atoms with Crippen LogP contribution in [0.1, 0.15) is 12.5 Å². The Bertz CT molecular complexity index is 1060. The molecule has 2 heterocycles. The molecular weight excluding hydrogens is 394 g/mol. The number of amides is 2. The smallest absolute Gasteiger partial charge is 0.328 e. The number of para-hydroxylation sites is 2. The monoisotopic (exact) mass is 421 g/mol. The lowest BCUT2D eigenvalue weighted by Gasteiger charge is -2.35. The Morgan fingerprint density at radius 1 is 1.03 bits per heavy atom. The predicted molar refractivity (Wildman–Crippen MR) is 119 cm³/mol. The van der Waals surface area contributed by atoms with E-state index in [2.05, 4.69) is 37.7 Å². The molecule has 2 aromatic carbocycles. The molecule has 1 fully saturated rings. The lowest BCUT2D eigenvalue weighted by Crippen LogP contribution is -2.54. The van der Waals surface area contributed by atoms with E-state index in [4.69, 9.17) is 4.98 Å². The number of piperazine rings is 1. The third-order valence-corrected chi connectivity index (χ3v) is 5.56. The van der Waals surface area contributed by atoms with Crippen LogP contribution in [0.3, 0.4) is 0 Å². The minimum atomic E-state index is -0.675. The van der Waals surface area contributed by atoms with Crippen LogP contribution in [0.2, 0.25) is 0 Å². The molecule has 1 aliphatic rings. The number of esters is 1. The highest BCUT2D eigenvalue weighted by Crippen LogP contribution is 2.25. The van der Waals surface area contributed by atoms with Gasteiger partial charge >= 0.3 is 12.0 Å². The number of hydrogen-bond donors (Lipinski definition) is 1. The quantitative estimate of drug-likeness (QED) is 0.641. The number of hydrogen-bond acceptors (Lipinski definition) is 5. The summed E-state index contributed by atoms with van der Waals surface area (Å²) in [6.45, 7) is 4.78. The highest BCUT2D eigenvalue weighted by Gasteiger charge is 2.26. The number of fused-ring (bicyclic) bond motifs is 1. The maximum Gasteiger partial charge on any atom is 0.328 e. The van der Waals surface area contributed by atoms with Crippen molar-refractivity contribution in [2.45, 2.75) is 19.5 Å². The summed E-state index contributed by atoms with van der Waals surface area (Å²) < 4.78 is 6.91. The lowest BCUT2D eigenvalue weighted by atomic mass is 10.2. The maximum absolute atomic E-state index is 12.5. The number of urea groups is 1. The van der Waals surface area contributed by atoms with Crippen LogP contribution in [0.25, 0.3) is 11.0 Å². The molecule has 1 aromatic heterocycles. The second-order valence-electron chi connectivity index (χ2n) is 7.64. The summed E-state index contributed by atoms with van der Waals surface area (Å²) in [5, 5.41) is 2.69. The molecule has 1 N–H and O–H groups in total. The fraction of sp³-hybridized carbons (Fsp3) is 0.348. The molecule has 1 atom stereocenters. The third-order valence-electron chi connectivity index (χ3n) is 5.56. The summed E-state index contributed by atoms with van der Waals surface area (Å²) in [5.74, 6) is 0.453. The number of anilines is 1. The van der Waals surface area contributed by atoms with E-state index in [9.17, 15) is 9.59 Å². The van der Waals surface area contributed by atoms with Crippen molar-refractivity contribution < 1.29 is 14.3 Å². The second-order valence-corrected chi connectivity index (χ2v) is 7.64. The van der Waals surface area contributed by atoms with Crippen LogP contribution in [0.15, 0.2) is 54.6 Å². The summed E-state index contributed by atoms with van der Waals surface area (Å²) in [6, 6.07) is 17.5. The Balaban J connectivity index is 1.49. The molecule has 162 valence electrons. The van der Waals surface area contributed by atoms with Crippen LogP contribution < -0.4 is 10.2 Å². The minimum absolute atomic E-state index is 0.254. The van der Waals surface area contributed by atoms with Crippen molar-refractivity contribution in [3.63, 3.8) is 0 Å². The molecule has 4 rings (SSSR count). The number of imidazole rings is 1. The van der Waals surface area contributed by atoms with E-state index in [1.165, 1.54) is 12.7 Å². The molecule has 1 saturated heterocycles. The number of carbonyl (C=O) groups is 2.